The van der Waals surface area contributed by atoms with E-state index in [0.29, 0.717) is 17.1 Å². The summed E-state index contributed by atoms with van der Waals surface area (Å²) in [6, 6.07) is 7.05. The summed E-state index contributed by atoms with van der Waals surface area (Å²) in [5, 5.41) is 7.07. The molecule has 1 aromatic heterocycles. The van der Waals surface area contributed by atoms with Crippen LogP contribution in [0.1, 0.15) is 23.1 Å². The summed E-state index contributed by atoms with van der Waals surface area (Å²) < 4.78 is 2.36. The number of hydrogen-bond acceptors (Lipinski definition) is 3. The van der Waals surface area contributed by atoms with Crippen LogP contribution in [0.15, 0.2) is 28.7 Å². The summed E-state index contributed by atoms with van der Waals surface area (Å²) in [5.41, 5.74) is 8.35. The van der Waals surface area contributed by atoms with Crippen molar-refractivity contribution in [1.82, 2.24) is 9.78 Å². The number of carbonyl (C=O) groups excluding carboxylic acids is 1. The smallest absolute Gasteiger partial charge is 0.273 e. The Hall–Kier alpha value is -1.82. The molecule has 0 saturated heterocycles. The standard InChI is InChI=1S/C13H15BrN4O/c1-3-9-7-12(18(2)17-9)13(19)16-11-6-8(15)4-5-10(11)14/h4-7H,3,15H2,1-2H3,(H,16,19). The van der Waals surface area contributed by atoms with E-state index >= 15 is 0 Å². The van der Waals surface area contributed by atoms with Gasteiger partial charge in [0.1, 0.15) is 5.69 Å². The number of anilines is 2. The van der Waals surface area contributed by atoms with Crippen molar-refractivity contribution in [3.05, 3.63) is 40.1 Å². The molecular weight excluding hydrogens is 308 g/mol. The minimum absolute atomic E-state index is 0.207. The van der Waals surface area contributed by atoms with Crippen LogP contribution in [0.5, 0.6) is 0 Å². The van der Waals surface area contributed by atoms with Crippen molar-refractivity contribution < 1.29 is 4.79 Å². The third kappa shape index (κ3) is 2.96. The fourth-order valence-electron chi connectivity index (χ4n) is 1.74. The highest BCUT2D eigenvalue weighted by molar-refractivity contribution is 9.10. The lowest BCUT2D eigenvalue weighted by atomic mass is 10.2. The van der Waals surface area contributed by atoms with Crippen molar-refractivity contribution >= 4 is 33.2 Å². The molecule has 5 nitrogen and oxygen atoms in total. The first kappa shape index (κ1) is 13.6. The molecule has 1 heterocycles. The maximum Gasteiger partial charge on any atom is 0.273 e. The molecule has 0 atom stereocenters. The Morgan fingerprint density at radius 3 is 2.84 bits per heavy atom. The third-order valence-corrected chi connectivity index (χ3v) is 3.46. The number of carbonyl (C=O) groups is 1. The van der Waals surface area contributed by atoms with Crippen LogP contribution in [0.3, 0.4) is 0 Å². The highest BCUT2D eigenvalue weighted by Gasteiger charge is 2.14. The largest absolute Gasteiger partial charge is 0.399 e. The molecule has 3 N–H and O–H groups in total. The van der Waals surface area contributed by atoms with E-state index in [1.807, 2.05) is 6.92 Å². The molecule has 0 radical (unpaired) electrons. The first-order chi connectivity index (χ1) is 9.01. The molecule has 0 bridgehead atoms. The normalized spacial score (nSPS) is 10.5. The van der Waals surface area contributed by atoms with E-state index in [0.717, 1.165) is 16.6 Å². The van der Waals surface area contributed by atoms with Gasteiger partial charge in [-0.25, -0.2) is 0 Å². The second kappa shape index (κ2) is 5.44. The molecule has 0 aliphatic carbocycles. The first-order valence-electron chi connectivity index (χ1n) is 5.90. The maximum atomic E-state index is 12.2. The van der Waals surface area contributed by atoms with Crippen molar-refractivity contribution in [3.8, 4) is 0 Å². The molecule has 1 aromatic carbocycles. The number of nitrogen functional groups attached to an aromatic ring is 1. The fraction of sp³-hybridized carbons (Fsp3) is 0.231. The summed E-state index contributed by atoms with van der Waals surface area (Å²) in [5.74, 6) is -0.207. The molecule has 0 spiro atoms. The Morgan fingerprint density at radius 2 is 2.21 bits per heavy atom. The lowest BCUT2D eigenvalue weighted by molar-refractivity contribution is 0.101. The van der Waals surface area contributed by atoms with Gasteiger partial charge < -0.3 is 11.1 Å². The maximum absolute atomic E-state index is 12.2. The van der Waals surface area contributed by atoms with Crippen molar-refractivity contribution in [3.63, 3.8) is 0 Å². The number of benzene rings is 1. The summed E-state index contributed by atoms with van der Waals surface area (Å²) in [6.45, 7) is 2.00. The number of aromatic nitrogens is 2. The number of halogens is 1. The highest BCUT2D eigenvalue weighted by atomic mass is 79.9. The van der Waals surface area contributed by atoms with Crippen molar-refractivity contribution in [2.75, 3.05) is 11.1 Å². The second-order valence-corrected chi connectivity index (χ2v) is 5.05. The van der Waals surface area contributed by atoms with Gasteiger partial charge in [-0.2, -0.15) is 5.10 Å². The van der Waals surface area contributed by atoms with Gasteiger partial charge in [0.05, 0.1) is 11.4 Å². The van der Waals surface area contributed by atoms with Gasteiger partial charge >= 0.3 is 0 Å². The average molecular weight is 323 g/mol. The minimum Gasteiger partial charge on any atom is -0.399 e. The van der Waals surface area contributed by atoms with Crippen LogP contribution in [-0.2, 0) is 13.5 Å². The number of nitrogens with zero attached hydrogens (tertiary/aromatic N) is 2. The number of amides is 1. The third-order valence-electron chi connectivity index (χ3n) is 2.76. The van der Waals surface area contributed by atoms with E-state index in [2.05, 4.69) is 26.3 Å². The van der Waals surface area contributed by atoms with Gasteiger partial charge in [-0.05, 0) is 46.6 Å². The van der Waals surface area contributed by atoms with Crippen LogP contribution >= 0.6 is 15.9 Å². The number of aryl methyl sites for hydroxylation is 2. The Labute approximate surface area is 119 Å². The van der Waals surface area contributed by atoms with Gasteiger partial charge in [0.25, 0.3) is 5.91 Å². The molecule has 0 fully saturated rings. The molecule has 6 heteroatoms. The summed E-state index contributed by atoms with van der Waals surface area (Å²) >= 11 is 3.38. The molecule has 1 amide bonds. The van der Waals surface area contributed by atoms with Crippen molar-refractivity contribution in [2.45, 2.75) is 13.3 Å². The quantitative estimate of drug-likeness (QED) is 0.853. The molecular formula is C13H15BrN4O. The number of rotatable bonds is 3. The van der Waals surface area contributed by atoms with Crippen LogP contribution in [0.4, 0.5) is 11.4 Å². The lowest BCUT2D eigenvalue weighted by Crippen LogP contribution is -2.16. The molecule has 0 saturated carbocycles. The van der Waals surface area contributed by atoms with Crippen molar-refractivity contribution in [2.24, 2.45) is 7.05 Å². The zero-order valence-corrected chi connectivity index (χ0v) is 12.4. The highest BCUT2D eigenvalue weighted by Crippen LogP contribution is 2.25. The van der Waals surface area contributed by atoms with Crippen LogP contribution in [-0.4, -0.2) is 15.7 Å². The van der Waals surface area contributed by atoms with Crippen LogP contribution < -0.4 is 11.1 Å². The van der Waals surface area contributed by atoms with Gasteiger partial charge in [-0.1, -0.05) is 6.92 Å². The molecule has 0 unspecified atom stereocenters. The van der Waals surface area contributed by atoms with Crippen LogP contribution in [0.2, 0.25) is 0 Å². The topological polar surface area (TPSA) is 72.9 Å². The lowest BCUT2D eigenvalue weighted by Gasteiger charge is -2.08. The monoisotopic (exact) mass is 322 g/mol. The van der Waals surface area contributed by atoms with E-state index < -0.39 is 0 Å². The van der Waals surface area contributed by atoms with E-state index in [4.69, 9.17) is 5.73 Å². The van der Waals surface area contributed by atoms with E-state index in [1.54, 1.807) is 36.0 Å². The van der Waals surface area contributed by atoms with Crippen LogP contribution in [0.25, 0.3) is 0 Å². The van der Waals surface area contributed by atoms with E-state index in [-0.39, 0.29) is 5.91 Å². The van der Waals surface area contributed by atoms with E-state index in [9.17, 15) is 4.79 Å². The second-order valence-electron chi connectivity index (χ2n) is 4.19. The van der Waals surface area contributed by atoms with Crippen LogP contribution in [0, 0.1) is 0 Å². The minimum atomic E-state index is -0.207. The molecule has 0 aliphatic rings. The molecule has 0 aliphatic heterocycles. The predicted octanol–water partition coefficient (Wildman–Crippen LogP) is 2.58. The Balaban J connectivity index is 2.25. The molecule has 2 rings (SSSR count). The molecule has 19 heavy (non-hydrogen) atoms. The van der Waals surface area contributed by atoms with Gasteiger partial charge in [0.2, 0.25) is 0 Å². The first-order valence-corrected chi connectivity index (χ1v) is 6.70. The van der Waals surface area contributed by atoms with Gasteiger partial charge in [0, 0.05) is 17.2 Å². The SMILES string of the molecule is CCc1cc(C(=O)Nc2cc(N)ccc2Br)n(C)n1. The Bertz CT molecular complexity index is 621. The number of hydrogen-bond donors (Lipinski definition) is 2. The van der Waals surface area contributed by atoms with Gasteiger partial charge in [-0.15, -0.1) is 0 Å². The number of nitrogens with two attached hydrogens (primary N) is 1. The summed E-state index contributed by atoms with van der Waals surface area (Å²) in [4.78, 5) is 12.2. The zero-order valence-electron chi connectivity index (χ0n) is 10.8. The Kier molecular flexibility index (Phi) is 3.90. The predicted molar refractivity (Wildman–Crippen MR) is 79.1 cm³/mol. The Morgan fingerprint density at radius 1 is 1.47 bits per heavy atom. The summed E-state index contributed by atoms with van der Waals surface area (Å²) in [7, 11) is 1.75. The summed E-state index contributed by atoms with van der Waals surface area (Å²) in [6.07, 6.45) is 0.795. The average Bonchev–Trinajstić information content (AvgIpc) is 2.75. The zero-order chi connectivity index (χ0) is 14.0. The fourth-order valence-corrected chi connectivity index (χ4v) is 2.08. The molecule has 100 valence electrons. The molecule has 2 aromatic rings. The van der Waals surface area contributed by atoms with Crippen molar-refractivity contribution in [1.29, 1.82) is 0 Å². The number of nitrogens with one attached hydrogen (secondary N) is 1. The van der Waals surface area contributed by atoms with E-state index in [1.165, 1.54) is 0 Å². The van der Waals surface area contributed by atoms with Gasteiger partial charge in [-0.3, -0.25) is 9.48 Å². The van der Waals surface area contributed by atoms with Gasteiger partial charge in [0.15, 0.2) is 0 Å².